The van der Waals surface area contributed by atoms with Crippen molar-refractivity contribution in [3.05, 3.63) is 0 Å². The number of nitrogens with zero attached hydrogens (tertiary/aromatic N) is 1. The number of amides is 1. The first-order valence-corrected chi connectivity index (χ1v) is 7.34. The molecule has 3 nitrogen and oxygen atoms in total. The van der Waals surface area contributed by atoms with Crippen LogP contribution in [0.4, 0.5) is 0 Å². The number of rotatable bonds is 3. The summed E-state index contributed by atoms with van der Waals surface area (Å²) in [5.41, 5.74) is 0. The third-order valence-electron chi connectivity index (χ3n) is 4.33. The Balaban J connectivity index is 1.93. The minimum Gasteiger partial charge on any atom is -0.340 e. The molecule has 2 aliphatic rings. The SMILES string of the molecule is CCN(C(=O)C1CCCCC1)C1CCNCC1. The van der Waals surface area contributed by atoms with Gasteiger partial charge in [0.25, 0.3) is 0 Å². The second kappa shape index (κ2) is 6.39. The number of hydrogen-bond donors (Lipinski definition) is 1. The van der Waals surface area contributed by atoms with Crippen LogP contribution >= 0.6 is 0 Å². The van der Waals surface area contributed by atoms with E-state index in [2.05, 4.69) is 17.1 Å². The largest absolute Gasteiger partial charge is 0.340 e. The second-order valence-corrected chi connectivity index (χ2v) is 5.44. The highest BCUT2D eigenvalue weighted by molar-refractivity contribution is 5.79. The fraction of sp³-hybridized carbons (Fsp3) is 0.929. The summed E-state index contributed by atoms with van der Waals surface area (Å²) in [5.74, 6) is 0.776. The first-order valence-electron chi connectivity index (χ1n) is 7.34. The number of hydrogen-bond acceptors (Lipinski definition) is 2. The molecule has 17 heavy (non-hydrogen) atoms. The first kappa shape index (κ1) is 12.9. The molecule has 1 aliphatic carbocycles. The molecule has 0 spiro atoms. The summed E-state index contributed by atoms with van der Waals surface area (Å²) < 4.78 is 0. The van der Waals surface area contributed by atoms with Gasteiger partial charge >= 0.3 is 0 Å². The van der Waals surface area contributed by atoms with E-state index in [1.54, 1.807) is 0 Å². The molecule has 0 aromatic heterocycles. The van der Waals surface area contributed by atoms with Gasteiger partial charge in [-0.1, -0.05) is 19.3 Å². The van der Waals surface area contributed by atoms with E-state index in [1.807, 2.05) is 0 Å². The van der Waals surface area contributed by atoms with Crippen molar-refractivity contribution in [2.75, 3.05) is 19.6 Å². The van der Waals surface area contributed by atoms with Gasteiger partial charge in [0.1, 0.15) is 0 Å². The molecule has 3 heteroatoms. The van der Waals surface area contributed by atoms with Gasteiger partial charge in [-0.25, -0.2) is 0 Å². The van der Waals surface area contributed by atoms with Crippen LogP contribution in [0.2, 0.25) is 0 Å². The van der Waals surface area contributed by atoms with Crippen LogP contribution in [0.25, 0.3) is 0 Å². The van der Waals surface area contributed by atoms with Crippen LogP contribution < -0.4 is 5.32 Å². The van der Waals surface area contributed by atoms with Crippen molar-refractivity contribution >= 4 is 5.91 Å². The van der Waals surface area contributed by atoms with Gasteiger partial charge in [0.15, 0.2) is 0 Å². The molecule has 0 radical (unpaired) electrons. The Bertz CT molecular complexity index is 243. The molecular formula is C14H26N2O. The summed E-state index contributed by atoms with van der Waals surface area (Å²) in [5, 5.41) is 3.37. The Morgan fingerprint density at radius 1 is 1.12 bits per heavy atom. The molecule has 1 amide bonds. The zero-order chi connectivity index (χ0) is 12.1. The maximum atomic E-state index is 12.5. The third kappa shape index (κ3) is 3.21. The van der Waals surface area contributed by atoms with Crippen molar-refractivity contribution in [3.63, 3.8) is 0 Å². The van der Waals surface area contributed by atoms with E-state index in [1.165, 1.54) is 19.3 Å². The summed E-state index contributed by atoms with van der Waals surface area (Å²) in [6.45, 7) is 5.15. The van der Waals surface area contributed by atoms with Crippen molar-refractivity contribution in [2.45, 2.75) is 57.9 Å². The van der Waals surface area contributed by atoms with Crippen molar-refractivity contribution in [3.8, 4) is 0 Å². The number of carbonyl (C=O) groups excluding carboxylic acids is 1. The van der Waals surface area contributed by atoms with Gasteiger partial charge in [-0.2, -0.15) is 0 Å². The maximum Gasteiger partial charge on any atom is 0.225 e. The smallest absolute Gasteiger partial charge is 0.225 e. The normalized spacial score (nSPS) is 23.6. The van der Waals surface area contributed by atoms with Crippen LogP contribution in [0.15, 0.2) is 0 Å². The Hall–Kier alpha value is -0.570. The van der Waals surface area contributed by atoms with Crippen molar-refractivity contribution in [2.24, 2.45) is 5.92 Å². The Morgan fingerprint density at radius 3 is 2.35 bits per heavy atom. The summed E-state index contributed by atoms with van der Waals surface area (Å²) >= 11 is 0. The van der Waals surface area contributed by atoms with Crippen LogP contribution in [-0.2, 0) is 4.79 Å². The van der Waals surface area contributed by atoms with Crippen molar-refractivity contribution < 1.29 is 4.79 Å². The van der Waals surface area contributed by atoms with E-state index in [0.717, 1.165) is 45.3 Å². The van der Waals surface area contributed by atoms with E-state index >= 15 is 0 Å². The van der Waals surface area contributed by atoms with E-state index in [-0.39, 0.29) is 0 Å². The zero-order valence-corrected chi connectivity index (χ0v) is 11.1. The molecule has 0 unspecified atom stereocenters. The lowest BCUT2D eigenvalue weighted by Crippen LogP contribution is -2.48. The summed E-state index contributed by atoms with van der Waals surface area (Å²) in [6, 6.07) is 0.496. The van der Waals surface area contributed by atoms with Crippen molar-refractivity contribution in [1.82, 2.24) is 10.2 Å². The molecule has 0 bridgehead atoms. The van der Waals surface area contributed by atoms with E-state index in [4.69, 9.17) is 0 Å². The molecule has 2 rings (SSSR count). The molecule has 2 fully saturated rings. The van der Waals surface area contributed by atoms with Gasteiger partial charge in [0.05, 0.1) is 0 Å². The van der Waals surface area contributed by atoms with Crippen LogP contribution in [0.5, 0.6) is 0 Å². The topological polar surface area (TPSA) is 32.3 Å². The Morgan fingerprint density at radius 2 is 1.76 bits per heavy atom. The molecule has 1 aliphatic heterocycles. The molecule has 0 aromatic carbocycles. The first-order chi connectivity index (χ1) is 8.33. The van der Waals surface area contributed by atoms with Crippen LogP contribution in [0.1, 0.15) is 51.9 Å². The van der Waals surface area contributed by atoms with E-state index in [0.29, 0.717) is 17.9 Å². The average Bonchev–Trinajstić information content (AvgIpc) is 2.42. The molecule has 0 atom stereocenters. The standard InChI is InChI=1S/C14H26N2O/c1-2-16(13-8-10-15-11-9-13)14(17)12-6-4-3-5-7-12/h12-13,15H,2-11H2,1H3. The predicted molar refractivity (Wildman–Crippen MR) is 69.9 cm³/mol. The van der Waals surface area contributed by atoms with Crippen molar-refractivity contribution in [1.29, 1.82) is 0 Å². The minimum atomic E-state index is 0.332. The highest BCUT2D eigenvalue weighted by Gasteiger charge is 2.30. The van der Waals surface area contributed by atoms with E-state index < -0.39 is 0 Å². The molecule has 98 valence electrons. The summed E-state index contributed by atoms with van der Waals surface area (Å²) in [7, 11) is 0. The Kier molecular flexibility index (Phi) is 4.84. The lowest BCUT2D eigenvalue weighted by molar-refractivity contribution is -0.139. The van der Waals surface area contributed by atoms with E-state index in [9.17, 15) is 4.79 Å². The third-order valence-corrected chi connectivity index (χ3v) is 4.33. The number of carbonyl (C=O) groups is 1. The van der Waals surface area contributed by atoms with Crippen LogP contribution in [0.3, 0.4) is 0 Å². The molecular weight excluding hydrogens is 212 g/mol. The molecule has 1 saturated carbocycles. The highest BCUT2D eigenvalue weighted by Crippen LogP contribution is 2.27. The fourth-order valence-corrected chi connectivity index (χ4v) is 3.30. The number of nitrogens with one attached hydrogen (secondary N) is 1. The lowest BCUT2D eigenvalue weighted by atomic mass is 9.87. The second-order valence-electron chi connectivity index (χ2n) is 5.44. The predicted octanol–water partition coefficient (Wildman–Crippen LogP) is 2.17. The maximum absolute atomic E-state index is 12.5. The minimum absolute atomic E-state index is 0.332. The van der Waals surface area contributed by atoms with Gasteiger partial charge in [0, 0.05) is 18.5 Å². The number of piperidine rings is 1. The zero-order valence-electron chi connectivity index (χ0n) is 11.1. The summed E-state index contributed by atoms with van der Waals surface area (Å²) in [4.78, 5) is 14.7. The summed E-state index contributed by atoms with van der Waals surface area (Å²) in [6.07, 6.45) is 8.34. The monoisotopic (exact) mass is 238 g/mol. The molecule has 1 saturated heterocycles. The highest BCUT2D eigenvalue weighted by atomic mass is 16.2. The molecule has 1 heterocycles. The quantitative estimate of drug-likeness (QED) is 0.817. The fourth-order valence-electron chi connectivity index (χ4n) is 3.30. The molecule has 0 aromatic rings. The Labute approximate surface area is 105 Å². The van der Waals surface area contributed by atoms with Crippen LogP contribution in [0, 0.1) is 5.92 Å². The van der Waals surface area contributed by atoms with Gasteiger partial charge < -0.3 is 10.2 Å². The van der Waals surface area contributed by atoms with Gasteiger partial charge in [-0.15, -0.1) is 0 Å². The average molecular weight is 238 g/mol. The molecule has 1 N–H and O–H groups in total. The van der Waals surface area contributed by atoms with Gasteiger partial charge in [-0.05, 0) is 45.7 Å². The van der Waals surface area contributed by atoms with Gasteiger partial charge in [-0.3, -0.25) is 4.79 Å². The van der Waals surface area contributed by atoms with Gasteiger partial charge in [0.2, 0.25) is 5.91 Å². The van der Waals surface area contributed by atoms with Crippen LogP contribution in [-0.4, -0.2) is 36.5 Å². The lowest BCUT2D eigenvalue weighted by Gasteiger charge is -2.37.